The van der Waals surface area contributed by atoms with Crippen molar-refractivity contribution < 1.29 is 9.21 Å². The van der Waals surface area contributed by atoms with Crippen molar-refractivity contribution in [1.82, 2.24) is 0 Å². The molecule has 1 unspecified atom stereocenters. The fraction of sp³-hybridized carbons (Fsp3) is 0.364. The summed E-state index contributed by atoms with van der Waals surface area (Å²) >= 11 is 0. The Labute approximate surface area is 78.3 Å². The number of hydrogen-bond acceptors (Lipinski definition) is 2. The molecule has 70 valence electrons. The Morgan fingerprint density at radius 2 is 2.46 bits per heavy atom. The van der Waals surface area contributed by atoms with E-state index in [9.17, 15) is 4.79 Å². The van der Waals surface area contributed by atoms with E-state index in [1.54, 1.807) is 19.3 Å². The van der Waals surface area contributed by atoms with E-state index in [0.29, 0.717) is 5.92 Å². The molecule has 0 aliphatic heterocycles. The first kappa shape index (κ1) is 9.78. The predicted molar refractivity (Wildman–Crippen MR) is 51.6 cm³/mol. The maximum atomic E-state index is 10.6. The molecule has 0 N–H and O–H groups in total. The first-order valence-corrected chi connectivity index (χ1v) is 4.40. The van der Waals surface area contributed by atoms with Crippen molar-refractivity contribution in [2.45, 2.75) is 26.2 Å². The first-order valence-electron chi connectivity index (χ1n) is 4.40. The lowest BCUT2D eigenvalue weighted by Gasteiger charge is -2.02. The summed E-state index contributed by atoms with van der Waals surface area (Å²) in [5.74, 6) is 1.39. The van der Waals surface area contributed by atoms with Crippen LogP contribution in [0.1, 0.15) is 31.9 Å². The summed E-state index contributed by atoms with van der Waals surface area (Å²) in [5.41, 5.74) is 0. The number of furan rings is 1. The van der Waals surface area contributed by atoms with Gasteiger partial charge in [0, 0.05) is 5.92 Å². The third-order valence-electron chi connectivity index (χ3n) is 1.87. The van der Waals surface area contributed by atoms with E-state index in [2.05, 4.69) is 6.92 Å². The molecular formula is C11H14O2. The topological polar surface area (TPSA) is 30.2 Å². The minimum absolute atomic E-state index is 0.0895. The Bertz CT molecular complexity index is 283. The van der Waals surface area contributed by atoms with Crippen molar-refractivity contribution in [3.05, 3.63) is 36.3 Å². The van der Waals surface area contributed by atoms with E-state index >= 15 is 0 Å². The number of allylic oxidation sites excluding steroid dienone is 2. The summed E-state index contributed by atoms with van der Waals surface area (Å²) in [4.78, 5) is 10.6. The Kier molecular flexibility index (Phi) is 3.50. The van der Waals surface area contributed by atoms with Gasteiger partial charge in [-0.05, 0) is 31.6 Å². The number of carbonyl (C=O) groups is 1. The van der Waals surface area contributed by atoms with Crippen LogP contribution >= 0.6 is 0 Å². The summed E-state index contributed by atoms with van der Waals surface area (Å²) in [7, 11) is 0. The fourth-order valence-electron chi connectivity index (χ4n) is 1.13. The molecular weight excluding hydrogens is 164 g/mol. The number of carbonyl (C=O) groups excluding carboxylic acids is 1. The van der Waals surface area contributed by atoms with E-state index in [1.807, 2.05) is 18.2 Å². The highest BCUT2D eigenvalue weighted by molar-refractivity contribution is 5.87. The molecule has 0 spiro atoms. The van der Waals surface area contributed by atoms with Crippen LogP contribution in [0.3, 0.4) is 0 Å². The Hall–Kier alpha value is -1.31. The van der Waals surface area contributed by atoms with Crippen LogP contribution < -0.4 is 0 Å². The van der Waals surface area contributed by atoms with E-state index < -0.39 is 0 Å². The zero-order valence-corrected chi connectivity index (χ0v) is 7.99. The van der Waals surface area contributed by atoms with Crippen molar-refractivity contribution >= 4 is 5.78 Å². The number of ketones is 1. The molecule has 0 saturated carbocycles. The standard InChI is InChI=1S/C11H14O2/c1-9(5-3-6-10(2)12)11-7-4-8-13-11/h3-4,6-9H,5H2,1-2H3/b6-3+. The van der Waals surface area contributed by atoms with Crippen molar-refractivity contribution in [3.8, 4) is 0 Å². The van der Waals surface area contributed by atoms with Gasteiger partial charge in [-0.15, -0.1) is 0 Å². The van der Waals surface area contributed by atoms with E-state index in [1.165, 1.54) is 0 Å². The lowest BCUT2D eigenvalue weighted by molar-refractivity contribution is -0.112. The molecule has 1 aromatic rings. The van der Waals surface area contributed by atoms with Crippen LogP contribution in [0.5, 0.6) is 0 Å². The molecule has 1 aromatic heterocycles. The smallest absolute Gasteiger partial charge is 0.152 e. The van der Waals surface area contributed by atoms with E-state index in [-0.39, 0.29) is 5.78 Å². The van der Waals surface area contributed by atoms with Crippen LogP contribution in [0.25, 0.3) is 0 Å². The third-order valence-corrected chi connectivity index (χ3v) is 1.87. The van der Waals surface area contributed by atoms with Crippen LogP contribution in [0.15, 0.2) is 35.0 Å². The zero-order valence-electron chi connectivity index (χ0n) is 7.99. The second-order valence-electron chi connectivity index (χ2n) is 3.17. The van der Waals surface area contributed by atoms with Crippen LogP contribution in [-0.4, -0.2) is 5.78 Å². The van der Waals surface area contributed by atoms with Crippen LogP contribution in [0.2, 0.25) is 0 Å². The summed E-state index contributed by atoms with van der Waals surface area (Å²) in [6.45, 7) is 3.62. The Balaban J connectivity index is 2.43. The summed E-state index contributed by atoms with van der Waals surface area (Å²) in [6.07, 6.45) is 5.99. The molecule has 1 rings (SSSR count). The molecule has 2 heteroatoms. The molecule has 0 fully saturated rings. The fourth-order valence-corrected chi connectivity index (χ4v) is 1.13. The highest BCUT2D eigenvalue weighted by atomic mass is 16.3. The van der Waals surface area contributed by atoms with Gasteiger partial charge in [0.15, 0.2) is 5.78 Å². The van der Waals surface area contributed by atoms with Gasteiger partial charge in [0.25, 0.3) is 0 Å². The van der Waals surface area contributed by atoms with E-state index in [4.69, 9.17) is 4.42 Å². The summed E-state index contributed by atoms with van der Waals surface area (Å²) < 4.78 is 5.23. The monoisotopic (exact) mass is 178 g/mol. The normalized spacial score (nSPS) is 13.4. The molecule has 0 bridgehead atoms. The molecule has 1 heterocycles. The van der Waals surface area contributed by atoms with Gasteiger partial charge >= 0.3 is 0 Å². The second kappa shape index (κ2) is 4.65. The van der Waals surface area contributed by atoms with Gasteiger partial charge in [0.05, 0.1) is 6.26 Å². The van der Waals surface area contributed by atoms with Crippen molar-refractivity contribution in [2.75, 3.05) is 0 Å². The van der Waals surface area contributed by atoms with E-state index in [0.717, 1.165) is 12.2 Å². The van der Waals surface area contributed by atoms with Crippen LogP contribution in [0, 0.1) is 0 Å². The molecule has 1 atom stereocenters. The average molecular weight is 178 g/mol. The highest BCUT2D eigenvalue weighted by Crippen LogP contribution is 2.19. The van der Waals surface area contributed by atoms with Crippen molar-refractivity contribution in [1.29, 1.82) is 0 Å². The van der Waals surface area contributed by atoms with Gasteiger partial charge < -0.3 is 4.42 Å². The Morgan fingerprint density at radius 3 is 3.00 bits per heavy atom. The van der Waals surface area contributed by atoms with Gasteiger partial charge in [-0.25, -0.2) is 0 Å². The molecule has 0 amide bonds. The molecule has 0 aromatic carbocycles. The minimum atomic E-state index is 0.0895. The maximum absolute atomic E-state index is 10.6. The van der Waals surface area contributed by atoms with Crippen molar-refractivity contribution in [3.63, 3.8) is 0 Å². The molecule has 0 radical (unpaired) electrons. The van der Waals surface area contributed by atoms with Crippen LogP contribution in [0.4, 0.5) is 0 Å². The summed E-state index contributed by atoms with van der Waals surface area (Å²) in [6, 6.07) is 3.83. The maximum Gasteiger partial charge on any atom is 0.152 e. The summed E-state index contributed by atoms with van der Waals surface area (Å²) in [5, 5.41) is 0. The van der Waals surface area contributed by atoms with Gasteiger partial charge in [-0.2, -0.15) is 0 Å². The number of hydrogen-bond donors (Lipinski definition) is 0. The van der Waals surface area contributed by atoms with Crippen molar-refractivity contribution in [2.24, 2.45) is 0 Å². The molecule has 0 aliphatic carbocycles. The third kappa shape index (κ3) is 3.28. The average Bonchev–Trinajstić information content (AvgIpc) is 2.55. The van der Waals surface area contributed by atoms with Gasteiger partial charge in [-0.3, -0.25) is 4.79 Å². The Morgan fingerprint density at radius 1 is 1.69 bits per heavy atom. The lowest BCUT2D eigenvalue weighted by Crippen LogP contribution is -1.89. The molecule has 2 nitrogen and oxygen atoms in total. The highest BCUT2D eigenvalue weighted by Gasteiger charge is 2.05. The molecule has 13 heavy (non-hydrogen) atoms. The van der Waals surface area contributed by atoms with Gasteiger partial charge in [-0.1, -0.05) is 13.0 Å². The molecule has 0 aliphatic rings. The molecule has 0 saturated heterocycles. The minimum Gasteiger partial charge on any atom is -0.469 e. The first-order chi connectivity index (χ1) is 6.20. The lowest BCUT2D eigenvalue weighted by atomic mass is 10.0. The quantitative estimate of drug-likeness (QED) is 0.663. The van der Waals surface area contributed by atoms with Crippen LogP contribution in [-0.2, 0) is 4.79 Å². The van der Waals surface area contributed by atoms with Gasteiger partial charge in [0.1, 0.15) is 5.76 Å². The zero-order chi connectivity index (χ0) is 9.68. The number of rotatable bonds is 4. The second-order valence-corrected chi connectivity index (χ2v) is 3.17. The van der Waals surface area contributed by atoms with Gasteiger partial charge in [0.2, 0.25) is 0 Å². The predicted octanol–water partition coefficient (Wildman–Crippen LogP) is 2.92. The largest absolute Gasteiger partial charge is 0.469 e. The SMILES string of the molecule is CC(=O)/C=C/CC(C)c1ccco1.